The number of hydrogen-bond acceptors (Lipinski definition) is 1. The second-order valence-electron chi connectivity index (χ2n) is 3.91. The summed E-state index contributed by atoms with van der Waals surface area (Å²) in [6.07, 6.45) is 0. The first kappa shape index (κ1) is 8.56. The van der Waals surface area contributed by atoms with E-state index in [-0.39, 0.29) is 0 Å². The molecule has 0 unspecified atom stereocenters. The van der Waals surface area contributed by atoms with Gasteiger partial charge in [0.2, 0.25) is 0 Å². The summed E-state index contributed by atoms with van der Waals surface area (Å²) < 4.78 is 1.78. The molecule has 0 amide bonds. The van der Waals surface area contributed by atoms with Crippen LogP contribution < -0.4 is 11.0 Å². The van der Waals surface area contributed by atoms with Gasteiger partial charge in [0.15, 0.2) is 0 Å². The Morgan fingerprint density at radius 1 is 0.933 bits per heavy atom. The quantitative estimate of drug-likeness (QED) is 0.427. The Kier molecular flexibility index (Phi) is 1.64. The van der Waals surface area contributed by atoms with E-state index >= 15 is 0 Å². The largest absolute Gasteiger partial charge is 0.339 e. The summed E-state index contributed by atoms with van der Waals surface area (Å²) >= 11 is 0. The average Bonchev–Trinajstić information content (AvgIpc) is 2.54. The first-order valence-electron chi connectivity index (χ1n) is 5.02. The van der Waals surface area contributed by atoms with Crippen molar-refractivity contribution in [1.82, 2.24) is 4.68 Å². The lowest BCUT2D eigenvalue weighted by atomic mass is 10.1. The predicted molar refractivity (Wildman–Crippen MR) is 69.2 cm³/mol. The molecule has 0 fully saturated rings. The van der Waals surface area contributed by atoms with E-state index in [0.717, 1.165) is 21.3 Å². The molecule has 0 saturated heterocycles. The van der Waals surface area contributed by atoms with Crippen LogP contribution in [0.3, 0.4) is 0 Å². The normalized spacial score (nSPS) is 11.5. The van der Waals surface area contributed by atoms with E-state index in [0.29, 0.717) is 0 Å². The average molecular weight is 212 g/mol. The molecule has 0 atom stereocenters. The zero-order chi connectivity index (χ0) is 10.4. The summed E-state index contributed by atoms with van der Waals surface area (Å²) in [4.78, 5) is 0. The van der Waals surface area contributed by atoms with Gasteiger partial charge in [0.05, 0.1) is 11.0 Å². The molecule has 1 heterocycles. The zero-order valence-electron chi connectivity index (χ0n) is 8.57. The van der Waals surface area contributed by atoms with Crippen LogP contribution in [-0.4, -0.2) is 14.9 Å². The second-order valence-corrected chi connectivity index (χ2v) is 5.06. The lowest BCUT2D eigenvalue weighted by Crippen LogP contribution is -2.09. The third-order valence-electron chi connectivity index (χ3n) is 2.87. The lowest BCUT2D eigenvalue weighted by Gasteiger charge is -1.98. The maximum Gasteiger partial charge on any atom is 0.0703 e. The summed E-state index contributed by atoms with van der Waals surface area (Å²) in [5.74, 6) is 6.08. The minimum absolute atomic E-state index is 1.06. The minimum atomic E-state index is 1.06. The highest BCUT2D eigenvalue weighted by Crippen LogP contribution is 2.25. The molecule has 0 saturated carbocycles. The van der Waals surface area contributed by atoms with Crippen molar-refractivity contribution in [3.05, 3.63) is 42.5 Å². The van der Waals surface area contributed by atoms with Crippen LogP contribution in [0.4, 0.5) is 0 Å². The van der Waals surface area contributed by atoms with Gasteiger partial charge >= 0.3 is 0 Å². The molecule has 0 spiro atoms. The number of hydrogen-bond donors (Lipinski definition) is 1. The standard InChI is InChI=1S/C12H12N2Si/c13-14-11-4-2-1-3-9(11)10-6-5-8(15)7-12(10)14/h1-7H,13H2,15H3. The van der Waals surface area contributed by atoms with Crippen LogP contribution >= 0.6 is 0 Å². The van der Waals surface area contributed by atoms with Crippen molar-refractivity contribution in [2.75, 3.05) is 5.84 Å². The lowest BCUT2D eigenvalue weighted by molar-refractivity contribution is 1.12. The fraction of sp³-hybridized carbons (Fsp3) is 0. The van der Waals surface area contributed by atoms with Gasteiger partial charge in [-0.2, -0.15) is 0 Å². The molecule has 3 heteroatoms. The molecule has 0 aliphatic carbocycles. The number of nitrogens with two attached hydrogens (primary N) is 1. The van der Waals surface area contributed by atoms with Gasteiger partial charge in [0, 0.05) is 21.0 Å². The SMILES string of the molecule is Nn1c2ccccc2c2ccc([SiH3])cc21. The first-order valence-corrected chi connectivity index (χ1v) is 6.02. The Hall–Kier alpha value is -1.74. The van der Waals surface area contributed by atoms with Crippen molar-refractivity contribution >= 4 is 37.2 Å². The number of para-hydroxylation sites is 1. The summed E-state index contributed by atoms with van der Waals surface area (Å²) in [5.41, 5.74) is 2.23. The third-order valence-corrected chi connectivity index (χ3v) is 3.49. The summed E-state index contributed by atoms with van der Waals surface area (Å²) in [6.45, 7) is 0. The number of benzene rings is 2. The molecule has 15 heavy (non-hydrogen) atoms. The van der Waals surface area contributed by atoms with Crippen LogP contribution in [0, 0.1) is 0 Å². The molecule has 2 aromatic carbocycles. The van der Waals surface area contributed by atoms with Gasteiger partial charge in [-0.05, 0) is 12.1 Å². The summed E-state index contributed by atoms with van der Waals surface area (Å²) in [7, 11) is 1.06. The monoisotopic (exact) mass is 212 g/mol. The maximum absolute atomic E-state index is 6.08. The number of nitrogens with zero attached hydrogens (tertiary/aromatic N) is 1. The van der Waals surface area contributed by atoms with Gasteiger partial charge in [-0.3, -0.25) is 4.68 Å². The molecule has 1 aromatic heterocycles. The molecule has 3 aromatic rings. The number of nitrogen functional groups attached to an aromatic ring is 1. The number of aromatic nitrogens is 1. The minimum Gasteiger partial charge on any atom is -0.339 e. The van der Waals surface area contributed by atoms with E-state index in [1.165, 1.54) is 16.0 Å². The Balaban J connectivity index is 2.63. The highest BCUT2D eigenvalue weighted by Gasteiger charge is 2.06. The van der Waals surface area contributed by atoms with Crippen molar-refractivity contribution in [2.45, 2.75) is 0 Å². The van der Waals surface area contributed by atoms with Gasteiger partial charge in [-0.25, -0.2) is 0 Å². The molecule has 2 nitrogen and oxygen atoms in total. The molecule has 0 aliphatic heterocycles. The van der Waals surface area contributed by atoms with E-state index in [1.54, 1.807) is 4.68 Å². The Bertz CT molecular complexity index is 655. The Morgan fingerprint density at radius 2 is 1.67 bits per heavy atom. The van der Waals surface area contributed by atoms with Crippen LogP contribution in [0.2, 0.25) is 0 Å². The fourth-order valence-electron chi connectivity index (χ4n) is 2.11. The molecular formula is C12H12N2Si. The van der Waals surface area contributed by atoms with Gasteiger partial charge in [-0.1, -0.05) is 35.5 Å². The van der Waals surface area contributed by atoms with Gasteiger partial charge in [0.1, 0.15) is 0 Å². The van der Waals surface area contributed by atoms with E-state index in [4.69, 9.17) is 5.84 Å². The fourth-order valence-corrected chi connectivity index (χ4v) is 2.55. The number of rotatable bonds is 0. The molecule has 3 rings (SSSR count). The smallest absolute Gasteiger partial charge is 0.0703 e. The van der Waals surface area contributed by atoms with Gasteiger partial charge in [0.25, 0.3) is 0 Å². The van der Waals surface area contributed by atoms with E-state index < -0.39 is 0 Å². The molecule has 0 radical (unpaired) electrons. The Labute approximate surface area is 90.7 Å². The van der Waals surface area contributed by atoms with Crippen molar-refractivity contribution in [2.24, 2.45) is 0 Å². The summed E-state index contributed by atoms with van der Waals surface area (Å²) in [5, 5.41) is 3.85. The zero-order valence-corrected chi connectivity index (χ0v) is 10.6. The Morgan fingerprint density at radius 3 is 2.53 bits per heavy atom. The topological polar surface area (TPSA) is 30.9 Å². The van der Waals surface area contributed by atoms with Crippen molar-refractivity contribution in [3.63, 3.8) is 0 Å². The first-order chi connectivity index (χ1) is 7.27. The maximum atomic E-state index is 6.08. The van der Waals surface area contributed by atoms with Crippen LogP contribution in [0.5, 0.6) is 0 Å². The van der Waals surface area contributed by atoms with Gasteiger partial charge in [-0.15, -0.1) is 0 Å². The highest BCUT2D eigenvalue weighted by molar-refractivity contribution is 6.33. The van der Waals surface area contributed by atoms with Crippen LogP contribution in [0.1, 0.15) is 0 Å². The van der Waals surface area contributed by atoms with E-state index in [2.05, 4.69) is 36.4 Å². The molecule has 0 aliphatic rings. The van der Waals surface area contributed by atoms with E-state index in [1.807, 2.05) is 6.07 Å². The molecular weight excluding hydrogens is 200 g/mol. The predicted octanol–water partition coefficient (Wildman–Crippen LogP) is 0.499. The molecule has 0 bridgehead atoms. The van der Waals surface area contributed by atoms with Crippen molar-refractivity contribution in [3.8, 4) is 0 Å². The van der Waals surface area contributed by atoms with Crippen LogP contribution in [0.25, 0.3) is 21.8 Å². The molecule has 74 valence electrons. The van der Waals surface area contributed by atoms with Crippen molar-refractivity contribution in [1.29, 1.82) is 0 Å². The van der Waals surface area contributed by atoms with E-state index in [9.17, 15) is 0 Å². The second kappa shape index (κ2) is 2.87. The molecule has 2 N–H and O–H groups in total. The van der Waals surface area contributed by atoms with Gasteiger partial charge < -0.3 is 5.84 Å². The number of fused-ring (bicyclic) bond motifs is 3. The highest BCUT2D eigenvalue weighted by atomic mass is 28.1. The third kappa shape index (κ3) is 1.10. The summed E-state index contributed by atoms with van der Waals surface area (Å²) in [6, 6.07) is 14.8. The van der Waals surface area contributed by atoms with Crippen LogP contribution in [-0.2, 0) is 0 Å². The van der Waals surface area contributed by atoms with Crippen molar-refractivity contribution < 1.29 is 0 Å². The van der Waals surface area contributed by atoms with Crippen LogP contribution in [0.15, 0.2) is 42.5 Å².